The zero-order valence-corrected chi connectivity index (χ0v) is 9.98. The van der Waals surface area contributed by atoms with Crippen LogP contribution in [0.3, 0.4) is 0 Å². The number of piperazine rings is 1. The molecule has 0 saturated carbocycles. The van der Waals surface area contributed by atoms with Crippen LogP contribution in [-0.2, 0) is 0 Å². The average Bonchev–Trinajstić information content (AvgIpc) is 2.13. The fourth-order valence-corrected chi connectivity index (χ4v) is 2.11. The van der Waals surface area contributed by atoms with Crippen molar-refractivity contribution in [3.63, 3.8) is 0 Å². The monoisotopic (exact) mass is 238 g/mol. The quantitative estimate of drug-likeness (QED) is 0.808. The molecular weight excluding hydrogens is 217 g/mol. The fraction of sp³-hybridized carbons (Fsp3) is 1.00. The molecule has 5 heteroatoms. The zero-order valence-electron chi connectivity index (χ0n) is 9.98. The normalized spacial score (nSPS) is 24.0. The van der Waals surface area contributed by atoms with Gasteiger partial charge in [-0.2, -0.15) is 13.2 Å². The van der Waals surface area contributed by atoms with Crippen molar-refractivity contribution in [2.45, 2.75) is 38.9 Å². The Morgan fingerprint density at radius 1 is 1.38 bits per heavy atom. The lowest BCUT2D eigenvalue weighted by atomic mass is 10.0. The molecule has 0 bridgehead atoms. The Morgan fingerprint density at radius 3 is 2.62 bits per heavy atom. The summed E-state index contributed by atoms with van der Waals surface area (Å²) in [5.74, 6) is 0.583. The largest absolute Gasteiger partial charge is 0.390 e. The minimum Gasteiger partial charge on any atom is -0.311 e. The van der Waals surface area contributed by atoms with E-state index in [1.54, 1.807) is 0 Å². The van der Waals surface area contributed by atoms with Gasteiger partial charge in [0.2, 0.25) is 0 Å². The van der Waals surface area contributed by atoms with Gasteiger partial charge in [-0.05, 0) is 12.3 Å². The molecule has 0 amide bonds. The third kappa shape index (κ3) is 5.70. The summed E-state index contributed by atoms with van der Waals surface area (Å²) in [6.45, 7) is 6.68. The van der Waals surface area contributed by atoms with E-state index in [9.17, 15) is 13.2 Å². The number of rotatable bonds is 4. The molecule has 0 aromatic heterocycles. The second kappa shape index (κ2) is 5.87. The minimum absolute atomic E-state index is 0.139. The van der Waals surface area contributed by atoms with Crippen LogP contribution in [0.2, 0.25) is 0 Å². The van der Waals surface area contributed by atoms with Crippen LogP contribution in [0.5, 0.6) is 0 Å². The molecule has 96 valence electrons. The SMILES string of the molecule is CC(C)CC1CN(CCC(F)(F)F)CCN1. The highest BCUT2D eigenvalue weighted by Gasteiger charge is 2.29. The predicted molar refractivity (Wildman–Crippen MR) is 58.4 cm³/mol. The van der Waals surface area contributed by atoms with Gasteiger partial charge in [-0.25, -0.2) is 0 Å². The third-order valence-electron chi connectivity index (χ3n) is 2.81. The maximum Gasteiger partial charge on any atom is 0.390 e. The lowest BCUT2D eigenvalue weighted by Crippen LogP contribution is -2.51. The fourth-order valence-electron chi connectivity index (χ4n) is 2.11. The van der Waals surface area contributed by atoms with Gasteiger partial charge in [0, 0.05) is 32.2 Å². The number of nitrogens with zero attached hydrogens (tertiary/aromatic N) is 1. The van der Waals surface area contributed by atoms with Gasteiger partial charge < -0.3 is 10.2 Å². The molecule has 0 radical (unpaired) electrons. The second-order valence-corrected chi connectivity index (χ2v) is 4.95. The van der Waals surface area contributed by atoms with Gasteiger partial charge >= 0.3 is 6.18 Å². The Balaban J connectivity index is 2.27. The number of alkyl halides is 3. The molecule has 1 unspecified atom stereocenters. The summed E-state index contributed by atoms with van der Waals surface area (Å²) < 4.78 is 36.2. The van der Waals surface area contributed by atoms with Gasteiger partial charge in [0.25, 0.3) is 0 Å². The highest BCUT2D eigenvalue weighted by atomic mass is 19.4. The minimum atomic E-state index is -4.03. The van der Waals surface area contributed by atoms with Crippen molar-refractivity contribution in [3.8, 4) is 0 Å². The highest BCUT2D eigenvalue weighted by molar-refractivity contribution is 4.79. The maximum absolute atomic E-state index is 12.1. The average molecular weight is 238 g/mol. The van der Waals surface area contributed by atoms with Gasteiger partial charge in [0.15, 0.2) is 0 Å². The summed E-state index contributed by atoms with van der Waals surface area (Å²) in [4.78, 5) is 1.91. The van der Waals surface area contributed by atoms with E-state index < -0.39 is 12.6 Å². The van der Waals surface area contributed by atoms with Gasteiger partial charge in [-0.1, -0.05) is 13.8 Å². The second-order valence-electron chi connectivity index (χ2n) is 4.95. The molecule has 1 aliphatic rings. The van der Waals surface area contributed by atoms with Gasteiger partial charge in [0.05, 0.1) is 6.42 Å². The highest BCUT2D eigenvalue weighted by Crippen LogP contribution is 2.20. The van der Waals surface area contributed by atoms with Gasteiger partial charge in [-0.3, -0.25) is 0 Å². The Hall–Kier alpha value is -0.290. The lowest BCUT2D eigenvalue weighted by Gasteiger charge is -2.34. The molecule has 16 heavy (non-hydrogen) atoms. The summed E-state index contributed by atoms with van der Waals surface area (Å²) in [5, 5.41) is 3.35. The molecule has 0 spiro atoms. The molecule has 1 atom stereocenters. The van der Waals surface area contributed by atoms with Crippen molar-refractivity contribution in [1.29, 1.82) is 0 Å². The Labute approximate surface area is 95.2 Å². The van der Waals surface area contributed by atoms with Crippen LogP contribution in [-0.4, -0.2) is 43.3 Å². The summed E-state index contributed by atoms with van der Waals surface area (Å²) in [5.41, 5.74) is 0. The first kappa shape index (κ1) is 13.8. The van der Waals surface area contributed by atoms with Crippen LogP contribution in [0.15, 0.2) is 0 Å². The standard InChI is InChI=1S/C11H21F3N2/c1-9(2)7-10-8-16(6-4-15-10)5-3-11(12,13)14/h9-10,15H,3-8H2,1-2H3. The molecule has 1 N–H and O–H groups in total. The van der Waals surface area contributed by atoms with E-state index in [0.29, 0.717) is 12.0 Å². The van der Waals surface area contributed by atoms with E-state index in [1.165, 1.54) is 0 Å². The summed E-state index contributed by atoms with van der Waals surface area (Å²) in [6, 6.07) is 0.349. The van der Waals surface area contributed by atoms with Crippen molar-refractivity contribution in [2.75, 3.05) is 26.2 Å². The number of halogens is 3. The van der Waals surface area contributed by atoms with Gasteiger partial charge in [-0.15, -0.1) is 0 Å². The number of hydrogen-bond acceptors (Lipinski definition) is 2. The van der Waals surface area contributed by atoms with E-state index in [-0.39, 0.29) is 6.54 Å². The van der Waals surface area contributed by atoms with Crippen molar-refractivity contribution >= 4 is 0 Å². The number of nitrogens with one attached hydrogen (secondary N) is 1. The van der Waals surface area contributed by atoms with Crippen LogP contribution < -0.4 is 5.32 Å². The Morgan fingerprint density at radius 2 is 2.06 bits per heavy atom. The summed E-state index contributed by atoms with van der Waals surface area (Å²) >= 11 is 0. The number of hydrogen-bond donors (Lipinski definition) is 1. The van der Waals surface area contributed by atoms with Gasteiger partial charge in [0.1, 0.15) is 0 Å². The smallest absolute Gasteiger partial charge is 0.311 e. The first-order valence-corrected chi connectivity index (χ1v) is 5.89. The van der Waals surface area contributed by atoms with E-state index in [1.807, 2.05) is 4.90 Å². The Bertz CT molecular complexity index is 204. The Kier molecular flexibility index (Phi) is 5.05. The van der Waals surface area contributed by atoms with Crippen molar-refractivity contribution in [3.05, 3.63) is 0 Å². The third-order valence-corrected chi connectivity index (χ3v) is 2.81. The molecule has 0 aromatic rings. The summed E-state index contributed by atoms with van der Waals surface area (Å²) in [6.07, 6.45) is -3.69. The molecule has 1 fully saturated rings. The van der Waals surface area contributed by atoms with E-state index >= 15 is 0 Å². The first-order valence-electron chi connectivity index (χ1n) is 5.89. The first-order chi connectivity index (χ1) is 7.37. The van der Waals surface area contributed by atoms with Crippen LogP contribution in [0.4, 0.5) is 13.2 Å². The van der Waals surface area contributed by atoms with Crippen LogP contribution in [0.25, 0.3) is 0 Å². The van der Waals surface area contributed by atoms with E-state index in [4.69, 9.17) is 0 Å². The maximum atomic E-state index is 12.1. The van der Waals surface area contributed by atoms with Crippen molar-refractivity contribution in [2.24, 2.45) is 5.92 Å². The molecule has 1 heterocycles. The molecule has 0 aromatic carbocycles. The molecule has 1 rings (SSSR count). The molecule has 1 saturated heterocycles. The van der Waals surface area contributed by atoms with Crippen molar-refractivity contribution < 1.29 is 13.2 Å². The van der Waals surface area contributed by atoms with Crippen molar-refractivity contribution in [1.82, 2.24) is 10.2 Å². The topological polar surface area (TPSA) is 15.3 Å². The summed E-state index contributed by atoms with van der Waals surface area (Å²) in [7, 11) is 0. The molecule has 1 aliphatic heterocycles. The predicted octanol–water partition coefficient (Wildman–Crippen LogP) is 2.26. The molecule has 2 nitrogen and oxygen atoms in total. The van der Waals surface area contributed by atoms with E-state index in [2.05, 4.69) is 19.2 Å². The zero-order chi connectivity index (χ0) is 12.2. The lowest BCUT2D eigenvalue weighted by molar-refractivity contribution is -0.138. The van der Waals surface area contributed by atoms with E-state index in [0.717, 1.165) is 26.1 Å². The van der Waals surface area contributed by atoms with Crippen LogP contribution in [0, 0.1) is 5.92 Å². The molecule has 0 aliphatic carbocycles. The molecular formula is C11H21F3N2. The van der Waals surface area contributed by atoms with Crippen LogP contribution >= 0.6 is 0 Å². The van der Waals surface area contributed by atoms with Crippen LogP contribution in [0.1, 0.15) is 26.7 Å².